The van der Waals surface area contributed by atoms with Gasteiger partial charge in [0.2, 0.25) is 0 Å². The van der Waals surface area contributed by atoms with Crippen molar-refractivity contribution in [2.45, 2.75) is 20.0 Å². The molecule has 0 fully saturated rings. The highest BCUT2D eigenvalue weighted by Gasteiger charge is 2.11. The zero-order valence-corrected chi connectivity index (χ0v) is 13.9. The summed E-state index contributed by atoms with van der Waals surface area (Å²) in [6.45, 7) is 4.02. The van der Waals surface area contributed by atoms with Crippen LogP contribution in [-0.2, 0) is 4.84 Å². The molecule has 0 bridgehead atoms. The van der Waals surface area contributed by atoms with E-state index in [9.17, 15) is 4.79 Å². The Kier molecular flexibility index (Phi) is 5.60. The molecule has 1 N–H and O–H groups in total. The summed E-state index contributed by atoms with van der Waals surface area (Å²) >= 11 is 0. The Labute approximate surface area is 136 Å². The summed E-state index contributed by atoms with van der Waals surface area (Å²) in [6.07, 6.45) is -0.0810. The Hall–Kier alpha value is -2.53. The first-order valence-corrected chi connectivity index (χ1v) is 7.42. The van der Waals surface area contributed by atoms with E-state index in [1.807, 2.05) is 62.4 Å². The highest BCUT2D eigenvalue weighted by molar-refractivity contribution is 5.88. The van der Waals surface area contributed by atoms with Crippen molar-refractivity contribution in [1.82, 2.24) is 5.06 Å². The Morgan fingerprint density at radius 2 is 1.78 bits per heavy atom. The van der Waals surface area contributed by atoms with E-state index in [4.69, 9.17) is 9.57 Å². The molecular weight excluding hydrogens is 292 g/mol. The molecule has 2 aromatic rings. The first-order chi connectivity index (χ1) is 11.0. The highest BCUT2D eigenvalue weighted by atomic mass is 16.7. The molecule has 1 atom stereocenters. The quantitative estimate of drug-likeness (QED) is 0.843. The number of carbonyl (C=O) groups excluding carboxylic acids is 1. The Balaban J connectivity index is 2.01. The maximum absolute atomic E-state index is 11.7. The molecule has 5 heteroatoms. The molecule has 0 aliphatic carbocycles. The Morgan fingerprint density at radius 3 is 2.39 bits per heavy atom. The van der Waals surface area contributed by atoms with Crippen LogP contribution >= 0.6 is 0 Å². The molecule has 0 radical (unpaired) electrons. The highest BCUT2D eigenvalue weighted by Crippen LogP contribution is 2.25. The minimum absolute atomic E-state index is 0.0810. The normalized spacial score (nSPS) is 11.7. The lowest BCUT2D eigenvalue weighted by Crippen LogP contribution is -2.30. The van der Waals surface area contributed by atoms with Gasteiger partial charge in [-0.05, 0) is 43.2 Å². The molecule has 1 unspecified atom stereocenters. The molecule has 2 amide bonds. The van der Waals surface area contributed by atoms with Crippen LogP contribution in [0.3, 0.4) is 0 Å². The van der Waals surface area contributed by atoms with Gasteiger partial charge in [0.05, 0.1) is 7.11 Å². The van der Waals surface area contributed by atoms with Gasteiger partial charge in [-0.25, -0.2) is 9.86 Å². The predicted octanol–water partition coefficient (Wildman–Crippen LogP) is 4.16. The summed E-state index contributed by atoms with van der Waals surface area (Å²) in [5.41, 5.74) is 2.84. The van der Waals surface area contributed by atoms with E-state index in [0.717, 1.165) is 21.9 Å². The molecule has 2 rings (SSSR count). The number of anilines is 1. The third kappa shape index (κ3) is 4.47. The minimum Gasteiger partial charge on any atom is -0.486 e. The van der Waals surface area contributed by atoms with E-state index in [1.165, 1.54) is 7.11 Å². The molecule has 2 aromatic carbocycles. The largest absolute Gasteiger partial charge is 0.486 e. The third-order valence-corrected chi connectivity index (χ3v) is 3.59. The molecule has 0 spiro atoms. The van der Waals surface area contributed by atoms with Gasteiger partial charge < -0.3 is 10.1 Å². The van der Waals surface area contributed by atoms with Crippen molar-refractivity contribution in [2.75, 3.05) is 19.5 Å². The van der Waals surface area contributed by atoms with Crippen molar-refractivity contribution < 1.29 is 14.4 Å². The number of rotatable bonds is 5. The summed E-state index contributed by atoms with van der Waals surface area (Å²) < 4.78 is 5.99. The molecule has 0 aromatic heterocycles. The van der Waals surface area contributed by atoms with Crippen LogP contribution < -0.4 is 10.1 Å². The third-order valence-electron chi connectivity index (χ3n) is 3.59. The second kappa shape index (κ2) is 7.65. The van der Waals surface area contributed by atoms with E-state index < -0.39 is 0 Å². The maximum Gasteiger partial charge on any atom is 0.345 e. The number of aryl methyl sites for hydroxylation is 1. The number of para-hydroxylation sites is 1. The van der Waals surface area contributed by atoms with Crippen molar-refractivity contribution in [1.29, 1.82) is 0 Å². The topological polar surface area (TPSA) is 50.8 Å². The first-order valence-electron chi connectivity index (χ1n) is 7.42. The fraction of sp³-hybridized carbons (Fsp3) is 0.278. The summed E-state index contributed by atoms with van der Waals surface area (Å²) in [5, 5.41) is 3.86. The number of ether oxygens (including phenoxy) is 1. The number of hydroxylamine groups is 2. The molecule has 0 saturated heterocycles. The van der Waals surface area contributed by atoms with Crippen LogP contribution in [0.2, 0.25) is 0 Å². The zero-order chi connectivity index (χ0) is 16.8. The number of amides is 2. The van der Waals surface area contributed by atoms with Crippen LogP contribution in [0.5, 0.6) is 5.75 Å². The minimum atomic E-state index is -0.329. The average molecular weight is 314 g/mol. The monoisotopic (exact) mass is 314 g/mol. The molecule has 0 heterocycles. The van der Waals surface area contributed by atoms with Crippen LogP contribution in [-0.4, -0.2) is 25.3 Å². The van der Waals surface area contributed by atoms with E-state index in [-0.39, 0.29) is 12.1 Å². The number of carbonyl (C=O) groups is 1. The van der Waals surface area contributed by atoms with E-state index in [0.29, 0.717) is 5.69 Å². The molecular formula is C18H22N2O3. The van der Waals surface area contributed by atoms with Gasteiger partial charge in [0.25, 0.3) is 0 Å². The fourth-order valence-corrected chi connectivity index (χ4v) is 2.07. The van der Waals surface area contributed by atoms with Crippen molar-refractivity contribution in [3.63, 3.8) is 0 Å². The number of benzene rings is 2. The zero-order valence-electron chi connectivity index (χ0n) is 13.9. The van der Waals surface area contributed by atoms with Crippen LogP contribution in [0.4, 0.5) is 10.5 Å². The second-order valence-corrected chi connectivity index (χ2v) is 5.26. The summed E-state index contributed by atoms with van der Waals surface area (Å²) in [7, 11) is 2.98. The fourth-order valence-electron chi connectivity index (χ4n) is 2.07. The number of hydrogen-bond acceptors (Lipinski definition) is 3. The number of nitrogens with one attached hydrogen (secondary N) is 1. The number of hydrogen-bond donors (Lipinski definition) is 1. The standard InChI is InChI=1S/C18H22N2O3/c1-13-7-5-6-8-17(13)23-14(2)15-9-11-16(12-10-15)19-18(21)20(3)22-4/h5-12,14H,1-4H3,(H,19,21). The van der Waals surface area contributed by atoms with Crippen LogP contribution in [0.25, 0.3) is 0 Å². The SMILES string of the molecule is CON(C)C(=O)Nc1ccc(C(C)Oc2ccccc2C)cc1. The van der Waals surface area contributed by atoms with Gasteiger partial charge in [0.15, 0.2) is 0 Å². The molecule has 5 nitrogen and oxygen atoms in total. The lowest BCUT2D eigenvalue weighted by molar-refractivity contribution is -0.0598. The maximum atomic E-state index is 11.7. The smallest absolute Gasteiger partial charge is 0.345 e. The van der Waals surface area contributed by atoms with E-state index >= 15 is 0 Å². The molecule has 122 valence electrons. The van der Waals surface area contributed by atoms with Crippen LogP contribution in [0.1, 0.15) is 24.2 Å². The van der Waals surface area contributed by atoms with Gasteiger partial charge in [0, 0.05) is 12.7 Å². The van der Waals surface area contributed by atoms with E-state index in [2.05, 4.69) is 5.32 Å². The molecule has 0 saturated carbocycles. The van der Waals surface area contributed by atoms with Crippen molar-refractivity contribution in [3.8, 4) is 5.75 Å². The summed E-state index contributed by atoms with van der Waals surface area (Å²) in [6, 6.07) is 15.2. The molecule has 0 aliphatic rings. The van der Waals surface area contributed by atoms with E-state index in [1.54, 1.807) is 7.05 Å². The van der Waals surface area contributed by atoms with Gasteiger partial charge in [-0.3, -0.25) is 4.84 Å². The van der Waals surface area contributed by atoms with Gasteiger partial charge in [-0.15, -0.1) is 0 Å². The number of nitrogens with zero attached hydrogens (tertiary/aromatic N) is 1. The second-order valence-electron chi connectivity index (χ2n) is 5.26. The Bertz CT molecular complexity index is 656. The van der Waals surface area contributed by atoms with Gasteiger partial charge in [-0.2, -0.15) is 0 Å². The molecule has 23 heavy (non-hydrogen) atoms. The van der Waals surface area contributed by atoms with Crippen molar-refractivity contribution in [3.05, 3.63) is 59.7 Å². The lowest BCUT2D eigenvalue weighted by atomic mass is 10.1. The summed E-state index contributed by atoms with van der Waals surface area (Å²) in [4.78, 5) is 16.5. The van der Waals surface area contributed by atoms with Crippen molar-refractivity contribution in [2.24, 2.45) is 0 Å². The Morgan fingerprint density at radius 1 is 1.13 bits per heavy atom. The lowest BCUT2D eigenvalue weighted by Gasteiger charge is -2.18. The molecule has 0 aliphatic heterocycles. The van der Waals surface area contributed by atoms with Crippen molar-refractivity contribution >= 4 is 11.7 Å². The van der Waals surface area contributed by atoms with Crippen LogP contribution in [0.15, 0.2) is 48.5 Å². The number of urea groups is 1. The summed E-state index contributed by atoms with van der Waals surface area (Å²) in [5.74, 6) is 0.874. The van der Waals surface area contributed by atoms with Gasteiger partial charge >= 0.3 is 6.03 Å². The van der Waals surface area contributed by atoms with Gasteiger partial charge in [0.1, 0.15) is 11.9 Å². The average Bonchev–Trinajstić information content (AvgIpc) is 2.56. The first kappa shape index (κ1) is 16.8. The van der Waals surface area contributed by atoms with Gasteiger partial charge in [-0.1, -0.05) is 30.3 Å². The van der Waals surface area contributed by atoms with Crippen LogP contribution in [0, 0.1) is 6.92 Å². The predicted molar refractivity (Wildman–Crippen MR) is 90.5 cm³/mol.